The van der Waals surface area contributed by atoms with Crippen LogP contribution in [-0.2, 0) is 0 Å². The number of H-pyrrole nitrogens is 1. The number of carboxylic acid groups (broad SMARTS) is 1. The lowest BCUT2D eigenvalue weighted by Gasteiger charge is -1.91. The summed E-state index contributed by atoms with van der Waals surface area (Å²) in [7, 11) is 1.43. The molecule has 0 saturated carbocycles. The van der Waals surface area contributed by atoms with Crippen molar-refractivity contribution in [1.82, 2.24) is 10.2 Å². The number of nitrogens with one attached hydrogen (secondary N) is 1. The predicted molar refractivity (Wildman–Crippen MR) is 52.1 cm³/mol. The fraction of sp³-hybridized carbons (Fsp3) is 0.200. The van der Waals surface area contributed by atoms with Gasteiger partial charge in [-0.25, -0.2) is 4.79 Å². The van der Waals surface area contributed by atoms with Crippen molar-refractivity contribution in [2.75, 3.05) is 7.11 Å². The summed E-state index contributed by atoms with van der Waals surface area (Å²) in [5.41, 5.74) is 0.0578. The zero-order valence-corrected chi connectivity index (χ0v) is 8.97. The number of carboxylic acids is 1. The van der Waals surface area contributed by atoms with Gasteiger partial charge in [0.05, 0.1) is 7.11 Å². The molecule has 0 saturated heterocycles. The van der Waals surface area contributed by atoms with Gasteiger partial charge in [-0.2, -0.15) is 0 Å². The predicted octanol–water partition coefficient (Wildman–Crippen LogP) is 1.14. The van der Waals surface area contributed by atoms with Gasteiger partial charge in [-0.15, -0.1) is 17.5 Å². The minimum absolute atomic E-state index is 0. The van der Waals surface area contributed by atoms with E-state index in [1.54, 1.807) is 0 Å². The third kappa shape index (κ3) is 2.01. The van der Waals surface area contributed by atoms with Gasteiger partial charge in [0, 0.05) is 0 Å². The first-order valence-corrected chi connectivity index (χ1v) is 3.76. The SMILES string of the molecule is COc1n[nH]c(C(=O)O)c1I.Cl. The normalized spacial score (nSPS) is 8.83. The van der Waals surface area contributed by atoms with Crippen molar-refractivity contribution in [1.29, 1.82) is 0 Å². The van der Waals surface area contributed by atoms with Crippen LogP contribution in [0.2, 0.25) is 0 Å². The van der Waals surface area contributed by atoms with E-state index in [2.05, 4.69) is 10.2 Å². The Morgan fingerprint density at radius 2 is 2.33 bits per heavy atom. The van der Waals surface area contributed by atoms with E-state index in [1.165, 1.54) is 7.11 Å². The lowest BCUT2D eigenvalue weighted by atomic mass is 10.4. The molecule has 1 aromatic rings. The molecule has 0 aliphatic carbocycles. The number of hydrogen-bond donors (Lipinski definition) is 2. The van der Waals surface area contributed by atoms with Crippen LogP contribution in [0.1, 0.15) is 10.5 Å². The number of aromatic nitrogens is 2. The largest absolute Gasteiger partial charge is 0.479 e. The Bertz CT molecular complexity index is 288. The molecule has 1 aromatic heterocycles. The number of hydrogen-bond acceptors (Lipinski definition) is 3. The van der Waals surface area contributed by atoms with Gasteiger partial charge in [0.2, 0.25) is 5.88 Å². The molecule has 0 bridgehead atoms. The lowest BCUT2D eigenvalue weighted by molar-refractivity contribution is 0.0689. The van der Waals surface area contributed by atoms with Crippen LogP contribution in [0.25, 0.3) is 0 Å². The highest BCUT2D eigenvalue weighted by Crippen LogP contribution is 2.20. The third-order valence-electron chi connectivity index (χ3n) is 1.08. The molecular weight excluding hydrogens is 298 g/mol. The number of nitrogens with zero attached hydrogens (tertiary/aromatic N) is 1. The molecule has 0 aliphatic rings. The molecule has 1 heterocycles. The molecule has 0 spiro atoms. The number of aromatic amines is 1. The number of rotatable bonds is 2. The van der Waals surface area contributed by atoms with E-state index in [1.807, 2.05) is 22.6 Å². The number of aromatic carboxylic acids is 1. The minimum Gasteiger partial charge on any atom is -0.479 e. The van der Waals surface area contributed by atoms with Crippen LogP contribution in [0.3, 0.4) is 0 Å². The van der Waals surface area contributed by atoms with Crippen LogP contribution < -0.4 is 4.74 Å². The Hall–Kier alpha value is -0.500. The van der Waals surface area contributed by atoms with Gasteiger partial charge in [-0.05, 0) is 22.6 Å². The van der Waals surface area contributed by atoms with Crippen molar-refractivity contribution in [3.05, 3.63) is 9.26 Å². The van der Waals surface area contributed by atoms with Crippen LogP contribution in [0.5, 0.6) is 5.88 Å². The third-order valence-corrected chi connectivity index (χ3v) is 2.08. The van der Waals surface area contributed by atoms with Gasteiger partial charge in [0.25, 0.3) is 0 Å². The number of ether oxygens (including phenoxy) is 1. The maximum Gasteiger partial charge on any atom is 0.355 e. The average Bonchev–Trinajstić information content (AvgIpc) is 2.30. The first-order chi connectivity index (χ1) is 5.16. The van der Waals surface area contributed by atoms with Crippen molar-refractivity contribution < 1.29 is 14.6 Å². The van der Waals surface area contributed by atoms with Gasteiger partial charge < -0.3 is 9.84 Å². The van der Waals surface area contributed by atoms with Gasteiger partial charge in [0.15, 0.2) is 5.69 Å². The van der Waals surface area contributed by atoms with E-state index >= 15 is 0 Å². The van der Waals surface area contributed by atoms with Crippen molar-refractivity contribution in [3.8, 4) is 5.88 Å². The molecule has 0 radical (unpaired) electrons. The number of methoxy groups -OCH3 is 1. The topological polar surface area (TPSA) is 75.2 Å². The molecule has 1 rings (SSSR count). The van der Waals surface area contributed by atoms with Crippen LogP contribution in [-0.4, -0.2) is 28.4 Å². The quantitative estimate of drug-likeness (QED) is 0.804. The maximum atomic E-state index is 10.4. The lowest BCUT2D eigenvalue weighted by Crippen LogP contribution is -1.98. The number of halogens is 2. The average molecular weight is 304 g/mol. The maximum absolute atomic E-state index is 10.4. The van der Waals surface area contributed by atoms with Crippen LogP contribution in [0.15, 0.2) is 0 Å². The molecule has 0 atom stereocenters. The zero-order chi connectivity index (χ0) is 8.43. The van der Waals surface area contributed by atoms with E-state index in [0.717, 1.165) is 0 Å². The fourth-order valence-electron chi connectivity index (χ4n) is 0.589. The molecule has 12 heavy (non-hydrogen) atoms. The summed E-state index contributed by atoms with van der Waals surface area (Å²) in [6.07, 6.45) is 0. The molecule has 2 N–H and O–H groups in total. The molecule has 7 heteroatoms. The van der Waals surface area contributed by atoms with Gasteiger partial charge in [-0.3, -0.25) is 5.10 Å². The molecule has 5 nitrogen and oxygen atoms in total. The van der Waals surface area contributed by atoms with E-state index in [-0.39, 0.29) is 18.1 Å². The molecular formula is C5H6ClIN2O3. The van der Waals surface area contributed by atoms with E-state index in [9.17, 15) is 4.79 Å². The van der Waals surface area contributed by atoms with E-state index in [0.29, 0.717) is 9.45 Å². The summed E-state index contributed by atoms with van der Waals surface area (Å²) in [4.78, 5) is 10.4. The first-order valence-electron chi connectivity index (χ1n) is 2.68. The fourth-order valence-corrected chi connectivity index (χ4v) is 1.28. The minimum atomic E-state index is -1.04. The van der Waals surface area contributed by atoms with Gasteiger partial charge in [-0.1, -0.05) is 0 Å². The summed E-state index contributed by atoms with van der Waals surface area (Å²) >= 11 is 1.85. The summed E-state index contributed by atoms with van der Waals surface area (Å²) in [6, 6.07) is 0. The molecule has 0 fully saturated rings. The molecule has 68 valence electrons. The first kappa shape index (κ1) is 11.5. The Labute approximate surface area is 88.0 Å². The smallest absolute Gasteiger partial charge is 0.355 e. The molecule has 0 aromatic carbocycles. The summed E-state index contributed by atoms with van der Waals surface area (Å²) in [6.45, 7) is 0. The Morgan fingerprint density at radius 1 is 1.75 bits per heavy atom. The second-order valence-corrected chi connectivity index (χ2v) is 2.81. The summed E-state index contributed by atoms with van der Waals surface area (Å²) in [5.74, 6) is -0.729. The zero-order valence-electron chi connectivity index (χ0n) is 6.00. The highest BCUT2D eigenvalue weighted by atomic mass is 127. The van der Waals surface area contributed by atoms with Crippen molar-refractivity contribution in [2.45, 2.75) is 0 Å². The van der Waals surface area contributed by atoms with Crippen LogP contribution in [0.4, 0.5) is 0 Å². The van der Waals surface area contributed by atoms with Crippen molar-refractivity contribution in [2.24, 2.45) is 0 Å². The van der Waals surface area contributed by atoms with Crippen molar-refractivity contribution >= 4 is 41.0 Å². The molecule has 0 amide bonds. The van der Waals surface area contributed by atoms with E-state index in [4.69, 9.17) is 9.84 Å². The second kappa shape index (κ2) is 4.51. The van der Waals surface area contributed by atoms with E-state index < -0.39 is 5.97 Å². The van der Waals surface area contributed by atoms with Gasteiger partial charge >= 0.3 is 5.97 Å². The molecule has 0 unspecified atom stereocenters. The Balaban J connectivity index is 0.00000121. The number of carbonyl (C=O) groups is 1. The highest BCUT2D eigenvalue weighted by molar-refractivity contribution is 14.1. The van der Waals surface area contributed by atoms with Gasteiger partial charge in [0.1, 0.15) is 3.57 Å². The highest BCUT2D eigenvalue weighted by Gasteiger charge is 2.15. The molecule has 0 aliphatic heterocycles. The second-order valence-electron chi connectivity index (χ2n) is 1.73. The summed E-state index contributed by atoms with van der Waals surface area (Å²) in [5, 5.41) is 14.5. The summed E-state index contributed by atoms with van der Waals surface area (Å²) < 4.78 is 5.25. The van der Waals surface area contributed by atoms with Crippen LogP contribution >= 0.6 is 35.0 Å². The monoisotopic (exact) mass is 304 g/mol. The van der Waals surface area contributed by atoms with Crippen LogP contribution in [0, 0.1) is 3.57 Å². The standard InChI is InChI=1S/C5H5IN2O3.ClH/c1-11-4-2(6)3(5(9)10)7-8-4;/h1H3,(H,7,8)(H,9,10);1H. The Morgan fingerprint density at radius 3 is 2.58 bits per heavy atom. The van der Waals surface area contributed by atoms with Crippen molar-refractivity contribution in [3.63, 3.8) is 0 Å². The Kier molecular flexibility index (Phi) is 4.32.